The Balaban J connectivity index is 1.92. The number of aromatic nitrogens is 1. The lowest BCUT2D eigenvalue weighted by molar-refractivity contribution is 0.0958. The van der Waals surface area contributed by atoms with Crippen molar-refractivity contribution in [1.29, 1.82) is 0 Å². The number of thiazole rings is 1. The van der Waals surface area contributed by atoms with Crippen LogP contribution in [0.2, 0.25) is 0 Å². The highest BCUT2D eigenvalue weighted by atomic mass is 32.1. The first-order valence-corrected chi connectivity index (χ1v) is 8.63. The number of aryl methyl sites for hydroxylation is 1. The maximum absolute atomic E-state index is 12.4. The van der Waals surface area contributed by atoms with E-state index in [1.807, 2.05) is 32.2 Å². The fourth-order valence-electron chi connectivity index (χ4n) is 2.16. The van der Waals surface area contributed by atoms with E-state index in [1.54, 1.807) is 0 Å². The van der Waals surface area contributed by atoms with Crippen LogP contribution in [0.4, 0.5) is 5.69 Å². The lowest BCUT2D eigenvalue weighted by Gasteiger charge is -2.19. The lowest BCUT2D eigenvalue weighted by atomic mass is 9.98. The molecular weight excluding hydrogens is 306 g/mol. The van der Waals surface area contributed by atoms with Gasteiger partial charge in [-0.1, -0.05) is 39.0 Å². The van der Waals surface area contributed by atoms with Gasteiger partial charge in [0.05, 0.1) is 10.7 Å². The Morgan fingerprint density at radius 3 is 2.48 bits per heavy atom. The summed E-state index contributed by atoms with van der Waals surface area (Å²) >= 11 is 1.49. The van der Waals surface area contributed by atoms with Crippen LogP contribution in [0.25, 0.3) is 0 Å². The first-order chi connectivity index (χ1) is 10.8. The Bertz CT molecular complexity index is 659. The molecule has 0 aliphatic rings. The molecule has 1 heterocycles. The van der Waals surface area contributed by atoms with Crippen molar-refractivity contribution in [3.63, 3.8) is 0 Å². The van der Waals surface area contributed by atoms with Gasteiger partial charge in [0.1, 0.15) is 4.88 Å². The fraction of sp³-hybridized carbons (Fsp3) is 0.444. The predicted molar refractivity (Wildman–Crippen MR) is 97.6 cm³/mol. The van der Waals surface area contributed by atoms with Gasteiger partial charge in [-0.25, -0.2) is 4.98 Å². The van der Waals surface area contributed by atoms with E-state index in [0.717, 1.165) is 27.8 Å². The number of rotatable bonds is 5. The van der Waals surface area contributed by atoms with Crippen molar-refractivity contribution in [3.05, 3.63) is 45.9 Å². The summed E-state index contributed by atoms with van der Waals surface area (Å²) in [5, 5.41) is 4.00. The molecular formula is C18H25N3OS. The summed E-state index contributed by atoms with van der Waals surface area (Å²) in [6.45, 7) is 9.61. The van der Waals surface area contributed by atoms with E-state index in [9.17, 15) is 4.79 Å². The number of hydrogen-bond acceptors (Lipinski definition) is 4. The van der Waals surface area contributed by atoms with E-state index in [1.165, 1.54) is 11.3 Å². The molecule has 5 heteroatoms. The van der Waals surface area contributed by atoms with Crippen molar-refractivity contribution >= 4 is 22.9 Å². The summed E-state index contributed by atoms with van der Waals surface area (Å²) in [7, 11) is 2.02. The lowest BCUT2D eigenvalue weighted by Crippen LogP contribution is -2.32. The fourth-order valence-corrected chi connectivity index (χ4v) is 3.20. The van der Waals surface area contributed by atoms with Crippen molar-refractivity contribution < 1.29 is 4.79 Å². The first kappa shape index (κ1) is 17.5. The molecule has 1 aromatic carbocycles. The first-order valence-electron chi connectivity index (χ1n) is 7.81. The average molecular weight is 331 g/mol. The molecule has 124 valence electrons. The van der Waals surface area contributed by atoms with Gasteiger partial charge >= 0.3 is 0 Å². The van der Waals surface area contributed by atoms with Crippen LogP contribution in [-0.4, -0.2) is 31.0 Å². The zero-order valence-corrected chi connectivity index (χ0v) is 15.3. The highest BCUT2D eigenvalue weighted by molar-refractivity contribution is 7.14. The van der Waals surface area contributed by atoms with Crippen LogP contribution in [-0.2, 0) is 5.41 Å². The van der Waals surface area contributed by atoms with Crippen LogP contribution < -0.4 is 10.2 Å². The Hall–Kier alpha value is -1.88. The second-order valence-electron chi connectivity index (χ2n) is 6.70. The predicted octanol–water partition coefficient (Wildman–Crippen LogP) is 3.62. The van der Waals surface area contributed by atoms with E-state index in [-0.39, 0.29) is 11.3 Å². The summed E-state index contributed by atoms with van der Waals surface area (Å²) in [6, 6.07) is 10.1. The molecule has 0 saturated heterocycles. The molecule has 1 aromatic heterocycles. The largest absolute Gasteiger partial charge is 0.373 e. The van der Waals surface area contributed by atoms with Gasteiger partial charge < -0.3 is 10.2 Å². The topological polar surface area (TPSA) is 45.2 Å². The van der Waals surface area contributed by atoms with E-state index in [0.29, 0.717) is 6.54 Å². The van der Waals surface area contributed by atoms with Gasteiger partial charge in [-0.05, 0) is 19.1 Å². The molecule has 4 nitrogen and oxygen atoms in total. The van der Waals surface area contributed by atoms with Crippen LogP contribution in [0.3, 0.4) is 0 Å². The summed E-state index contributed by atoms with van der Waals surface area (Å²) in [4.78, 5) is 19.8. The number of anilines is 1. The van der Waals surface area contributed by atoms with Crippen molar-refractivity contribution in [2.45, 2.75) is 33.1 Å². The van der Waals surface area contributed by atoms with E-state index >= 15 is 0 Å². The number of nitrogens with one attached hydrogen (secondary N) is 1. The summed E-state index contributed by atoms with van der Waals surface area (Å²) < 4.78 is 0. The van der Waals surface area contributed by atoms with E-state index < -0.39 is 0 Å². The number of nitrogens with zero attached hydrogens (tertiary/aromatic N) is 2. The Kier molecular flexibility index (Phi) is 5.42. The van der Waals surface area contributed by atoms with Gasteiger partial charge in [-0.2, -0.15) is 0 Å². The molecule has 0 radical (unpaired) electrons. The number of para-hydroxylation sites is 1. The van der Waals surface area contributed by atoms with Crippen molar-refractivity contribution in [1.82, 2.24) is 10.3 Å². The number of likely N-dealkylation sites (N-methyl/N-ethyl adjacent to an activating group) is 1. The molecule has 0 bridgehead atoms. The molecule has 0 aliphatic heterocycles. The maximum Gasteiger partial charge on any atom is 0.263 e. The number of hydrogen-bond donors (Lipinski definition) is 1. The molecule has 0 saturated carbocycles. The number of amides is 1. The normalized spacial score (nSPS) is 11.3. The van der Waals surface area contributed by atoms with Crippen LogP contribution in [0.5, 0.6) is 0 Å². The summed E-state index contributed by atoms with van der Waals surface area (Å²) in [5.74, 6) is -0.0306. The number of benzene rings is 1. The molecule has 0 spiro atoms. The second kappa shape index (κ2) is 7.13. The number of carbonyl (C=O) groups excluding carboxylic acids is 1. The molecule has 0 atom stereocenters. The van der Waals surface area contributed by atoms with E-state index in [4.69, 9.17) is 0 Å². The molecule has 1 amide bonds. The van der Waals surface area contributed by atoms with Gasteiger partial charge in [0.2, 0.25) is 0 Å². The Morgan fingerprint density at radius 2 is 1.91 bits per heavy atom. The highest BCUT2D eigenvalue weighted by Gasteiger charge is 2.22. The Morgan fingerprint density at radius 1 is 1.26 bits per heavy atom. The van der Waals surface area contributed by atoms with Crippen LogP contribution in [0, 0.1) is 6.92 Å². The molecule has 1 N–H and O–H groups in total. The quantitative estimate of drug-likeness (QED) is 0.910. The minimum absolute atomic E-state index is 0.0263. The van der Waals surface area contributed by atoms with Crippen molar-refractivity contribution in [2.24, 2.45) is 0 Å². The third-order valence-corrected chi connectivity index (χ3v) is 5.16. The minimum Gasteiger partial charge on any atom is -0.373 e. The van der Waals surface area contributed by atoms with Crippen LogP contribution in [0.1, 0.15) is 41.1 Å². The van der Waals surface area contributed by atoms with Crippen molar-refractivity contribution in [3.8, 4) is 0 Å². The van der Waals surface area contributed by atoms with Crippen molar-refractivity contribution in [2.75, 3.05) is 25.0 Å². The highest BCUT2D eigenvalue weighted by Crippen LogP contribution is 2.29. The smallest absolute Gasteiger partial charge is 0.263 e. The number of carbonyl (C=O) groups is 1. The zero-order valence-electron chi connectivity index (χ0n) is 14.5. The van der Waals surface area contributed by atoms with Crippen LogP contribution in [0.15, 0.2) is 30.3 Å². The zero-order chi connectivity index (χ0) is 17.0. The summed E-state index contributed by atoms with van der Waals surface area (Å²) in [6.07, 6.45) is 0. The second-order valence-corrected chi connectivity index (χ2v) is 7.70. The SMILES string of the molecule is Cc1nc(C(C)(C)C)sc1C(=O)NCCN(C)c1ccccc1. The van der Waals surface area contributed by atoms with Gasteiger partial charge in [0.15, 0.2) is 0 Å². The molecule has 0 fully saturated rings. The molecule has 23 heavy (non-hydrogen) atoms. The average Bonchev–Trinajstić information content (AvgIpc) is 2.90. The third-order valence-electron chi connectivity index (χ3n) is 3.57. The van der Waals surface area contributed by atoms with Gasteiger partial charge in [-0.3, -0.25) is 4.79 Å². The van der Waals surface area contributed by atoms with E-state index in [2.05, 4.69) is 48.1 Å². The summed E-state index contributed by atoms with van der Waals surface area (Å²) in [5.41, 5.74) is 1.93. The maximum atomic E-state index is 12.4. The van der Waals surface area contributed by atoms with Gasteiger partial charge in [0.25, 0.3) is 5.91 Å². The van der Waals surface area contributed by atoms with Gasteiger partial charge in [0, 0.05) is 31.2 Å². The van der Waals surface area contributed by atoms with Gasteiger partial charge in [-0.15, -0.1) is 11.3 Å². The molecule has 2 aromatic rings. The molecule has 0 unspecified atom stereocenters. The third kappa shape index (κ3) is 4.55. The minimum atomic E-state index is -0.0306. The standard InChI is InChI=1S/C18H25N3OS/c1-13-15(23-17(20-13)18(2,3)4)16(22)19-11-12-21(5)14-9-7-6-8-10-14/h6-10H,11-12H2,1-5H3,(H,19,22). The monoisotopic (exact) mass is 331 g/mol. The Labute approximate surface area is 142 Å². The van der Waals surface area contributed by atoms with Crippen LogP contribution >= 0.6 is 11.3 Å². The molecule has 2 rings (SSSR count). The molecule has 0 aliphatic carbocycles.